The van der Waals surface area contributed by atoms with E-state index in [4.69, 9.17) is 11.6 Å². The van der Waals surface area contributed by atoms with Crippen LogP contribution in [0.2, 0.25) is 5.02 Å². The molecule has 0 N–H and O–H groups in total. The number of hydrogen-bond acceptors (Lipinski definition) is 0. The minimum absolute atomic E-state index is 0.248. The third-order valence-electron chi connectivity index (χ3n) is 2.01. The molecule has 2 aromatic carbocycles. The van der Waals surface area contributed by atoms with Crippen molar-refractivity contribution in [2.24, 2.45) is 0 Å². The van der Waals surface area contributed by atoms with Gasteiger partial charge >= 0.3 is 0 Å². The molecule has 0 aliphatic carbocycles. The highest BCUT2D eigenvalue weighted by molar-refractivity contribution is 6.33. The summed E-state index contributed by atoms with van der Waals surface area (Å²) >= 11 is 5.99. The van der Waals surface area contributed by atoms with Gasteiger partial charge in [-0.15, -0.1) is 0 Å². The largest absolute Gasteiger partial charge is 0.207 e. The van der Waals surface area contributed by atoms with Crippen LogP contribution in [0.4, 0.5) is 4.39 Å². The average Bonchev–Trinajstić information content (AvgIpc) is 2.18. The zero-order chi connectivity index (χ0) is 9.97. The SMILES string of the molecule is Fc1cccc(-c2ccccc2Cl)c1. The molecule has 0 unspecified atom stereocenters. The Balaban J connectivity index is 2.55. The molecule has 0 amide bonds. The summed E-state index contributed by atoms with van der Waals surface area (Å²) in [7, 11) is 0. The van der Waals surface area contributed by atoms with E-state index in [1.54, 1.807) is 12.1 Å². The fourth-order valence-electron chi connectivity index (χ4n) is 1.35. The predicted octanol–water partition coefficient (Wildman–Crippen LogP) is 4.15. The lowest BCUT2D eigenvalue weighted by molar-refractivity contribution is 0.628. The summed E-state index contributed by atoms with van der Waals surface area (Å²) in [6.07, 6.45) is 0. The Bertz CT molecular complexity index is 452. The van der Waals surface area contributed by atoms with E-state index in [0.717, 1.165) is 11.1 Å². The van der Waals surface area contributed by atoms with Gasteiger partial charge in [0, 0.05) is 10.6 Å². The Morgan fingerprint density at radius 2 is 1.71 bits per heavy atom. The predicted molar refractivity (Wildman–Crippen MR) is 56.8 cm³/mol. The smallest absolute Gasteiger partial charge is 0.123 e. The van der Waals surface area contributed by atoms with Crippen molar-refractivity contribution in [1.29, 1.82) is 0 Å². The highest BCUT2D eigenvalue weighted by Crippen LogP contribution is 2.27. The molecule has 0 fully saturated rings. The fraction of sp³-hybridized carbons (Fsp3) is 0. The quantitative estimate of drug-likeness (QED) is 0.658. The van der Waals surface area contributed by atoms with Gasteiger partial charge in [-0.3, -0.25) is 0 Å². The summed E-state index contributed by atoms with van der Waals surface area (Å²) in [5, 5.41) is 0.637. The lowest BCUT2D eigenvalue weighted by Crippen LogP contribution is -1.80. The monoisotopic (exact) mass is 206 g/mol. The van der Waals surface area contributed by atoms with E-state index < -0.39 is 0 Å². The van der Waals surface area contributed by atoms with Gasteiger partial charge < -0.3 is 0 Å². The standard InChI is InChI=1S/C12H8ClF/c13-12-7-2-1-6-11(12)9-4-3-5-10(14)8-9/h1-8H. The van der Waals surface area contributed by atoms with Crippen LogP contribution >= 0.6 is 11.6 Å². The van der Waals surface area contributed by atoms with Crippen molar-refractivity contribution in [3.8, 4) is 11.1 Å². The van der Waals surface area contributed by atoms with Crippen LogP contribution in [0, 0.1) is 5.82 Å². The number of halogens is 2. The topological polar surface area (TPSA) is 0 Å². The first-order valence-electron chi connectivity index (χ1n) is 4.28. The lowest BCUT2D eigenvalue weighted by Gasteiger charge is -2.03. The maximum absolute atomic E-state index is 12.9. The third-order valence-corrected chi connectivity index (χ3v) is 2.34. The summed E-state index contributed by atoms with van der Waals surface area (Å²) in [6, 6.07) is 13.8. The minimum Gasteiger partial charge on any atom is -0.207 e. The maximum Gasteiger partial charge on any atom is 0.123 e. The second-order valence-corrected chi connectivity index (χ2v) is 3.40. The van der Waals surface area contributed by atoms with E-state index in [1.165, 1.54) is 12.1 Å². The number of benzene rings is 2. The Kier molecular flexibility index (Phi) is 2.51. The summed E-state index contributed by atoms with van der Waals surface area (Å²) in [5.74, 6) is -0.248. The van der Waals surface area contributed by atoms with Crippen LogP contribution in [0.25, 0.3) is 11.1 Å². The first kappa shape index (κ1) is 9.22. The lowest BCUT2D eigenvalue weighted by atomic mass is 10.1. The van der Waals surface area contributed by atoms with Gasteiger partial charge in [0.2, 0.25) is 0 Å². The van der Waals surface area contributed by atoms with E-state index in [-0.39, 0.29) is 5.82 Å². The highest BCUT2D eigenvalue weighted by atomic mass is 35.5. The molecule has 0 heterocycles. The van der Waals surface area contributed by atoms with Crippen LogP contribution in [0.15, 0.2) is 48.5 Å². The van der Waals surface area contributed by atoms with E-state index in [1.807, 2.05) is 24.3 Å². The second-order valence-electron chi connectivity index (χ2n) is 2.99. The van der Waals surface area contributed by atoms with Crippen molar-refractivity contribution in [2.75, 3.05) is 0 Å². The van der Waals surface area contributed by atoms with E-state index in [2.05, 4.69) is 0 Å². The zero-order valence-electron chi connectivity index (χ0n) is 7.37. The summed E-state index contributed by atoms with van der Waals surface area (Å²) in [4.78, 5) is 0. The summed E-state index contributed by atoms with van der Waals surface area (Å²) < 4.78 is 12.9. The van der Waals surface area contributed by atoms with Crippen LogP contribution in [0.5, 0.6) is 0 Å². The van der Waals surface area contributed by atoms with Gasteiger partial charge in [-0.05, 0) is 23.8 Å². The molecule has 2 heteroatoms. The van der Waals surface area contributed by atoms with Crippen molar-refractivity contribution < 1.29 is 4.39 Å². The average molecular weight is 207 g/mol. The first-order valence-corrected chi connectivity index (χ1v) is 4.65. The normalized spacial score (nSPS) is 10.1. The Hall–Kier alpha value is -1.34. The van der Waals surface area contributed by atoms with Crippen molar-refractivity contribution in [1.82, 2.24) is 0 Å². The molecule has 0 spiro atoms. The van der Waals surface area contributed by atoms with Crippen molar-refractivity contribution in [2.45, 2.75) is 0 Å². The molecule has 0 nitrogen and oxygen atoms in total. The maximum atomic E-state index is 12.9. The van der Waals surface area contributed by atoms with Gasteiger partial charge in [0.1, 0.15) is 5.82 Å². The second kappa shape index (κ2) is 3.81. The third kappa shape index (κ3) is 1.78. The summed E-state index contributed by atoms with van der Waals surface area (Å²) in [6.45, 7) is 0. The molecule has 2 rings (SSSR count). The van der Waals surface area contributed by atoms with Crippen LogP contribution in [-0.2, 0) is 0 Å². The molecule has 0 aromatic heterocycles. The van der Waals surface area contributed by atoms with Gasteiger partial charge in [-0.1, -0.05) is 41.9 Å². The molecule has 14 heavy (non-hydrogen) atoms. The Labute approximate surface area is 87.0 Å². The van der Waals surface area contributed by atoms with Crippen LogP contribution in [0.3, 0.4) is 0 Å². The van der Waals surface area contributed by atoms with E-state index in [9.17, 15) is 4.39 Å². The fourth-order valence-corrected chi connectivity index (χ4v) is 1.60. The van der Waals surface area contributed by atoms with Gasteiger partial charge in [0.15, 0.2) is 0 Å². The Morgan fingerprint density at radius 1 is 0.929 bits per heavy atom. The first-order chi connectivity index (χ1) is 6.77. The Morgan fingerprint density at radius 3 is 2.43 bits per heavy atom. The van der Waals surface area contributed by atoms with Gasteiger partial charge in [-0.2, -0.15) is 0 Å². The molecule has 0 bridgehead atoms. The molecule has 70 valence electrons. The number of rotatable bonds is 1. The number of hydrogen-bond donors (Lipinski definition) is 0. The van der Waals surface area contributed by atoms with Crippen molar-refractivity contribution in [3.63, 3.8) is 0 Å². The van der Waals surface area contributed by atoms with Crippen LogP contribution in [0.1, 0.15) is 0 Å². The molecular weight excluding hydrogens is 199 g/mol. The van der Waals surface area contributed by atoms with Gasteiger partial charge in [-0.25, -0.2) is 4.39 Å². The van der Waals surface area contributed by atoms with Gasteiger partial charge in [0.05, 0.1) is 0 Å². The van der Waals surface area contributed by atoms with Crippen molar-refractivity contribution in [3.05, 3.63) is 59.4 Å². The van der Waals surface area contributed by atoms with Crippen LogP contribution < -0.4 is 0 Å². The zero-order valence-corrected chi connectivity index (χ0v) is 8.13. The molecule has 2 aromatic rings. The molecule has 0 radical (unpaired) electrons. The molecule has 0 saturated carbocycles. The van der Waals surface area contributed by atoms with Crippen molar-refractivity contribution >= 4 is 11.6 Å². The summed E-state index contributed by atoms with van der Waals surface area (Å²) in [5.41, 5.74) is 1.66. The minimum atomic E-state index is -0.248. The molecular formula is C12H8ClF. The molecule has 0 aliphatic rings. The van der Waals surface area contributed by atoms with Crippen LogP contribution in [-0.4, -0.2) is 0 Å². The molecule has 0 aliphatic heterocycles. The molecule has 0 saturated heterocycles. The van der Waals surface area contributed by atoms with E-state index in [0.29, 0.717) is 5.02 Å². The van der Waals surface area contributed by atoms with E-state index >= 15 is 0 Å². The highest BCUT2D eigenvalue weighted by Gasteiger charge is 2.02. The van der Waals surface area contributed by atoms with Gasteiger partial charge in [0.25, 0.3) is 0 Å². The molecule has 0 atom stereocenters.